The molecular formula is C15H21ClN2O2. The van der Waals surface area contributed by atoms with Crippen LogP contribution in [0.25, 0.3) is 0 Å². The number of hydrogen-bond donors (Lipinski definition) is 2. The second-order valence-electron chi connectivity index (χ2n) is 5.44. The number of amides is 2. The van der Waals surface area contributed by atoms with Gasteiger partial charge in [0.1, 0.15) is 0 Å². The van der Waals surface area contributed by atoms with E-state index in [1.54, 1.807) is 11.9 Å². The molecule has 1 aromatic rings. The molecule has 2 N–H and O–H groups in total. The van der Waals surface area contributed by atoms with Crippen LogP contribution in [0.4, 0.5) is 4.79 Å². The maximum atomic E-state index is 12.1. The molecule has 1 aliphatic rings. The van der Waals surface area contributed by atoms with Crippen molar-refractivity contribution in [3.8, 4) is 0 Å². The van der Waals surface area contributed by atoms with Gasteiger partial charge in [-0.05, 0) is 43.4 Å². The van der Waals surface area contributed by atoms with E-state index in [0.717, 1.165) is 31.2 Å². The predicted octanol–water partition coefficient (Wildman–Crippen LogP) is 2.78. The highest BCUT2D eigenvalue weighted by atomic mass is 35.5. The van der Waals surface area contributed by atoms with Crippen LogP contribution in [0.1, 0.15) is 31.2 Å². The van der Waals surface area contributed by atoms with Crippen LogP contribution in [-0.4, -0.2) is 35.2 Å². The largest absolute Gasteiger partial charge is 0.393 e. The smallest absolute Gasteiger partial charge is 0.317 e. The van der Waals surface area contributed by atoms with E-state index in [0.29, 0.717) is 11.6 Å². The summed E-state index contributed by atoms with van der Waals surface area (Å²) < 4.78 is 0. The second-order valence-corrected chi connectivity index (χ2v) is 5.88. The van der Waals surface area contributed by atoms with Crippen molar-refractivity contribution in [1.29, 1.82) is 0 Å². The maximum Gasteiger partial charge on any atom is 0.317 e. The van der Waals surface area contributed by atoms with Crippen LogP contribution in [0.15, 0.2) is 24.3 Å². The van der Waals surface area contributed by atoms with Gasteiger partial charge in [0.15, 0.2) is 0 Å². The zero-order valence-electron chi connectivity index (χ0n) is 11.7. The molecule has 20 heavy (non-hydrogen) atoms. The summed E-state index contributed by atoms with van der Waals surface area (Å²) in [5, 5.41) is 13.2. The molecule has 0 bridgehead atoms. The van der Waals surface area contributed by atoms with Crippen LogP contribution < -0.4 is 5.32 Å². The van der Waals surface area contributed by atoms with Gasteiger partial charge in [-0.2, -0.15) is 0 Å². The molecule has 4 nitrogen and oxygen atoms in total. The van der Waals surface area contributed by atoms with Crippen LogP contribution in [-0.2, 0) is 6.54 Å². The lowest BCUT2D eigenvalue weighted by atomic mass is 9.93. The topological polar surface area (TPSA) is 52.6 Å². The van der Waals surface area contributed by atoms with Gasteiger partial charge in [0.2, 0.25) is 0 Å². The molecule has 2 rings (SSSR count). The maximum absolute atomic E-state index is 12.1. The molecule has 0 heterocycles. The highest BCUT2D eigenvalue weighted by Gasteiger charge is 2.21. The highest BCUT2D eigenvalue weighted by molar-refractivity contribution is 6.30. The average molecular weight is 297 g/mol. The number of carbonyl (C=O) groups excluding carboxylic acids is 1. The summed E-state index contributed by atoms with van der Waals surface area (Å²) in [7, 11) is 1.77. The van der Waals surface area contributed by atoms with Gasteiger partial charge in [0.25, 0.3) is 0 Å². The lowest BCUT2D eigenvalue weighted by Gasteiger charge is -2.28. The van der Waals surface area contributed by atoms with Gasteiger partial charge >= 0.3 is 6.03 Å². The van der Waals surface area contributed by atoms with Gasteiger partial charge in [-0.15, -0.1) is 0 Å². The molecule has 5 heteroatoms. The van der Waals surface area contributed by atoms with Crippen molar-refractivity contribution in [2.45, 2.75) is 44.4 Å². The number of urea groups is 1. The predicted molar refractivity (Wildman–Crippen MR) is 79.7 cm³/mol. The molecule has 1 aromatic carbocycles. The Hall–Kier alpha value is -1.26. The molecule has 110 valence electrons. The Labute approximate surface area is 124 Å². The van der Waals surface area contributed by atoms with Gasteiger partial charge < -0.3 is 15.3 Å². The Balaban J connectivity index is 1.83. The van der Waals surface area contributed by atoms with E-state index >= 15 is 0 Å². The minimum atomic E-state index is -0.202. The minimum absolute atomic E-state index is 0.0774. The molecule has 0 radical (unpaired) electrons. The molecule has 1 fully saturated rings. The lowest BCUT2D eigenvalue weighted by molar-refractivity contribution is 0.115. The summed E-state index contributed by atoms with van der Waals surface area (Å²) >= 11 is 5.93. The van der Waals surface area contributed by atoms with E-state index in [9.17, 15) is 9.90 Å². The summed E-state index contributed by atoms with van der Waals surface area (Å²) in [5.74, 6) is 0. The Morgan fingerprint density at radius 2 is 2.10 bits per heavy atom. The number of nitrogens with zero attached hydrogens (tertiary/aromatic N) is 1. The van der Waals surface area contributed by atoms with Gasteiger partial charge in [0, 0.05) is 24.7 Å². The number of carbonyl (C=O) groups is 1. The van der Waals surface area contributed by atoms with Gasteiger partial charge in [-0.3, -0.25) is 0 Å². The van der Waals surface area contributed by atoms with Crippen LogP contribution in [0, 0.1) is 0 Å². The van der Waals surface area contributed by atoms with Crippen molar-refractivity contribution < 1.29 is 9.90 Å². The summed E-state index contributed by atoms with van der Waals surface area (Å²) in [6.45, 7) is 0.530. The summed E-state index contributed by atoms with van der Waals surface area (Å²) in [5.41, 5.74) is 1.01. The number of aliphatic hydroxyl groups excluding tert-OH is 1. The van der Waals surface area contributed by atoms with Crippen LogP contribution in [0.2, 0.25) is 5.02 Å². The van der Waals surface area contributed by atoms with E-state index < -0.39 is 0 Å². The van der Waals surface area contributed by atoms with E-state index in [1.165, 1.54) is 0 Å². The quantitative estimate of drug-likeness (QED) is 0.901. The summed E-state index contributed by atoms with van der Waals surface area (Å²) in [4.78, 5) is 13.8. The molecular weight excluding hydrogens is 276 g/mol. The highest BCUT2D eigenvalue weighted by Crippen LogP contribution is 2.18. The molecule has 0 aromatic heterocycles. The molecule has 1 saturated carbocycles. The number of halogens is 1. The lowest BCUT2D eigenvalue weighted by Crippen LogP contribution is -2.44. The molecule has 2 amide bonds. The Morgan fingerprint density at radius 1 is 1.40 bits per heavy atom. The van der Waals surface area contributed by atoms with E-state index in [1.807, 2.05) is 24.3 Å². The fourth-order valence-corrected chi connectivity index (χ4v) is 2.70. The van der Waals surface area contributed by atoms with Crippen molar-refractivity contribution in [3.05, 3.63) is 34.9 Å². The first kappa shape index (κ1) is 15.1. The van der Waals surface area contributed by atoms with Crippen molar-refractivity contribution in [3.63, 3.8) is 0 Å². The third-order valence-corrected chi connectivity index (χ3v) is 3.91. The van der Waals surface area contributed by atoms with Crippen molar-refractivity contribution in [1.82, 2.24) is 10.2 Å². The van der Waals surface area contributed by atoms with E-state index in [-0.39, 0.29) is 18.2 Å². The SMILES string of the molecule is CN(Cc1cccc(Cl)c1)C(=O)NC1CCC(O)CC1. The monoisotopic (exact) mass is 296 g/mol. The van der Waals surface area contributed by atoms with Crippen LogP contribution in [0.5, 0.6) is 0 Å². The number of aliphatic hydroxyl groups is 1. The van der Waals surface area contributed by atoms with Crippen LogP contribution in [0.3, 0.4) is 0 Å². The number of rotatable bonds is 3. The van der Waals surface area contributed by atoms with Crippen molar-refractivity contribution in [2.75, 3.05) is 7.05 Å². The number of nitrogens with one attached hydrogen (secondary N) is 1. The molecule has 0 spiro atoms. The fourth-order valence-electron chi connectivity index (χ4n) is 2.49. The Kier molecular flexibility index (Phi) is 5.26. The third kappa shape index (κ3) is 4.39. The first-order valence-corrected chi connectivity index (χ1v) is 7.36. The van der Waals surface area contributed by atoms with Gasteiger partial charge in [-0.25, -0.2) is 4.79 Å². The normalized spacial score (nSPS) is 22.4. The first-order valence-electron chi connectivity index (χ1n) is 6.98. The molecule has 1 aliphatic carbocycles. The van der Waals surface area contributed by atoms with Gasteiger partial charge in [-0.1, -0.05) is 23.7 Å². The molecule has 0 atom stereocenters. The zero-order chi connectivity index (χ0) is 14.5. The van der Waals surface area contributed by atoms with Crippen LogP contribution >= 0.6 is 11.6 Å². The van der Waals surface area contributed by atoms with Crippen molar-refractivity contribution >= 4 is 17.6 Å². The van der Waals surface area contributed by atoms with Gasteiger partial charge in [0.05, 0.1) is 6.10 Å². The van der Waals surface area contributed by atoms with Crippen molar-refractivity contribution in [2.24, 2.45) is 0 Å². The minimum Gasteiger partial charge on any atom is -0.393 e. The average Bonchev–Trinajstić information content (AvgIpc) is 2.41. The Morgan fingerprint density at radius 3 is 2.75 bits per heavy atom. The first-order chi connectivity index (χ1) is 9.54. The fraction of sp³-hybridized carbons (Fsp3) is 0.533. The standard InChI is InChI=1S/C15H21ClN2O2/c1-18(10-11-3-2-4-12(16)9-11)15(20)17-13-5-7-14(19)8-6-13/h2-4,9,13-14,19H,5-8,10H2,1H3,(H,17,20). The molecule has 0 aliphatic heterocycles. The summed E-state index contributed by atoms with van der Waals surface area (Å²) in [6.07, 6.45) is 3.02. The zero-order valence-corrected chi connectivity index (χ0v) is 12.4. The van der Waals surface area contributed by atoms with E-state index in [2.05, 4.69) is 5.32 Å². The third-order valence-electron chi connectivity index (χ3n) is 3.68. The molecule has 0 saturated heterocycles. The second kappa shape index (κ2) is 6.95. The number of benzene rings is 1. The van der Waals surface area contributed by atoms with E-state index in [4.69, 9.17) is 11.6 Å². The molecule has 0 unspecified atom stereocenters. The number of hydrogen-bond acceptors (Lipinski definition) is 2. The Bertz CT molecular complexity index is 459. The summed E-state index contributed by atoms with van der Waals surface area (Å²) in [6, 6.07) is 7.61.